The van der Waals surface area contributed by atoms with Gasteiger partial charge < -0.3 is 13.0 Å². The lowest BCUT2D eigenvalue weighted by molar-refractivity contribution is -0.687. The van der Waals surface area contributed by atoms with E-state index in [4.69, 9.17) is 13.0 Å². The van der Waals surface area contributed by atoms with Crippen molar-refractivity contribution in [1.82, 2.24) is 0 Å². The van der Waals surface area contributed by atoms with Gasteiger partial charge in [-0.3, -0.25) is 0 Å². The highest BCUT2D eigenvalue weighted by Gasteiger charge is 2.41. The zero-order valence-electron chi connectivity index (χ0n) is 21.2. The van der Waals surface area contributed by atoms with E-state index in [2.05, 4.69) is 111 Å². The first kappa shape index (κ1) is 26.0. The molecule has 9 heteroatoms. The lowest BCUT2D eigenvalue weighted by Crippen LogP contribution is -2.59. The number of pyridine rings is 2. The molecule has 0 amide bonds. The van der Waals surface area contributed by atoms with Crippen LogP contribution in [0.15, 0.2) is 48.8 Å². The molecule has 2 rings (SSSR count). The van der Waals surface area contributed by atoms with Gasteiger partial charge in [0, 0.05) is 24.3 Å². The molecule has 172 valence electrons. The summed E-state index contributed by atoms with van der Waals surface area (Å²) in [5.41, 5.74) is 0. The summed E-state index contributed by atoms with van der Waals surface area (Å²) in [6.07, 6.45) is 5.99. The first-order valence-electron chi connectivity index (χ1n) is 11.1. The van der Waals surface area contributed by atoms with Gasteiger partial charge in [-0.2, -0.15) is 9.13 Å². The third-order valence-corrected chi connectivity index (χ3v) is 12.5. The standard InChI is InChI=1S/C22H42N2O3Si4/c1-28(2,3)25-21-15-11-13-17-23(21)19-30(7,8)27-31(9,10)20-24-18-14-12-16-22(24)26-29(4,5)6/h11-18H,19-20H2,1-10H3/q+2. The minimum atomic E-state index is -1.99. The summed E-state index contributed by atoms with van der Waals surface area (Å²) in [5.74, 6) is 1.90. The Hall–Kier alpha value is -1.27. The molecule has 5 nitrogen and oxygen atoms in total. The van der Waals surface area contributed by atoms with Gasteiger partial charge in [0.05, 0.1) is 0 Å². The molecule has 0 atom stereocenters. The lowest BCUT2D eigenvalue weighted by Gasteiger charge is -2.30. The molecule has 0 N–H and O–H groups in total. The minimum Gasteiger partial charge on any atom is -0.500 e. The predicted octanol–water partition coefficient (Wildman–Crippen LogP) is 4.89. The van der Waals surface area contributed by atoms with Gasteiger partial charge in [-0.1, -0.05) is 0 Å². The highest BCUT2D eigenvalue weighted by molar-refractivity contribution is 6.83. The van der Waals surface area contributed by atoms with Crippen LogP contribution < -0.4 is 18.0 Å². The van der Waals surface area contributed by atoms with Crippen LogP contribution in [0.3, 0.4) is 0 Å². The Kier molecular flexibility index (Phi) is 8.13. The van der Waals surface area contributed by atoms with Crippen LogP contribution in [0.5, 0.6) is 11.8 Å². The van der Waals surface area contributed by atoms with E-state index in [1.54, 1.807) is 0 Å². The number of hydrogen-bond acceptors (Lipinski definition) is 3. The fourth-order valence-corrected chi connectivity index (χ4v) is 13.9. The van der Waals surface area contributed by atoms with Gasteiger partial charge in [0.15, 0.2) is 24.7 Å². The summed E-state index contributed by atoms with van der Waals surface area (Å²) >= 11 is 0. The predicted molar refractivity (Wildman–Crippen MR) is 137 cm³/mol. The van der Waals surface area contributed by atoms with Crippen molar-refractivity contribution in [3.05, 3.63) is 48.8 Å². The van der Waals surface area contributed by atoms with Crippen LogP contribution in [0.25, 0.3) is 0 Å². The second-order valence-electron chi connectivity index (χ2n) is 11.4. The topological polar surface area (TPSA) is 35.5 Å². The number of nitrogens with zero attached hydrogens (tertiary/aromatic N) is 2. The van der Waals surface area contributed by atoms with Crippen molar-refractivity contribution in [2.24, 2.45) is 0 Å². The molecule has 0 bridgehead atoms. The van der Waals surface area contributed by atoms with Crippen molar-refractivity contribution in [3.8, 4) is 11.8 Å². The molecular formula is C22H42N2O3Si4+2. The second-order valence-corrected chi connectivity index (χ2v) is 28.7. The highest BCUT2D eigenvalue weighted by atomic mass is 28.4. The summed E-state index contributed by atoms with van der Waals surface area (Å²) in [7, 11) is -7.34. The Morgan fingerprint density at radius 2 is 0.935 bits per heavy atom. The van der Waals surface area contributed by atoms with Gasteiger partial charge in [-0.05, 0) is 77.6 Å². The molecule has 0 aliphatic rings. The maximum Gasteiger partial charge on any atom is 0.353 e. The van der Waals surface area contributed by atoms with Crippen molar-refractivity contribution < 1.29 is 22.1 Å². The van der Waals surface area contributed by atoms with Crippen LogP contribution >= 0.6 is 0 Å². The molecule has 0 fully saturated rings. The Morgan fingerprint density at radius 1 is 0.581 bits per heavy atom. The third kappa shape index (κ3) is 9.40. The Bertz CT molecular complexity index is 806. The SMILES string of the molecule is C[Si](C)(C)Oc1cccc[n+]1C[Si](C)(C)O[Si](C)(C)C[n+]1ccccc1O[Si](C)(C)C. The molecule has 0 radical (unpaired) electrons. The van der Waals surface area contributed by atoms with Crippen LogP contribution in [-0.2, 0) is 16.5 Å². The molecule has 2 aromatic rings. The van der Waals surface area contributed by atoms with Crippen molar-refractivity contribution in [1.29, 1.82) is 0 Å². The van der Waals surface area contributed by atoms with Crippen LogP contribution in [0.1, 0.15) is 0 Å². The van der Waals surface area contributed by atoms with Gasteiger partial charge >= 0.3 is 11.8 Å². The largest absolute Gasteiger partial charge is 0.500 e. The smallest absolute Gasteiger partial charge is 0.353 e. The molecule has 0 unspecified atom stereocenters. The molecule has 0 saturated heterocycles. The van der Waals surface area contributed by atoms with Crippen LogP contribution in [0, 0.1) is 0 Å². The minimum absolute atomic E-state index is 0.877. The zero-order chi connectivity index (χ0) is 23.5. The Labute approximate surface area is 193 Å². The van der Waals surface area contributed by atoms with E-state index in [9.17, 15) is 0 Å². The van der Waals surface area contributed by atoms with E-state index < -0.39 is 33.3 Å². The van der Waals surface area contributed by atoms with E-state index in [0.717, 1.165) is 24.1 Å². The lowest BCUT2D eigenvalue weighted by atomic mass is 10.5. The summed E-state index contributed by atoms with van der Waals surface area (Å²) in [6, 6.07) is 12.4. The number of rotatable bonds is 10. The van der Waals surface area contributed by atoms with Crippen molar-refractivity contribution >= 4 is 33.3 Å². The van der Waals surface area contributed by atoms with Gasteiger partial charge in [0.1, 0.15) is 0 Å². The van der Waals surface area contributed by atoms with Crippen molar-refractivity contribution in [2.75, 3.05) is 0 Å². The summed E-state index contributed by atoms with van der Waals surface area (Å²) < 4.78 is 24.1. The molecule has 2 heterocycles. The van der Waals surface area contributed by atoms with Gasteiger partial charge in [-0.25, -0.2) is 0 Å². The van der Waals surface area contributed by atoms with E-state index in [1.807, 2.05) is 12.1 Å². The monoisotopic (exact) mass is 494 g/mol. The number of aromatic nitrogens is 2. The molecule has 0 saturated carbocycles. The zero-order valence-corrected chi connectivity index (χ0v) is 25.2. The molecule has 0 spiro atoms. The normalized spacial score (nSPS) is 13.2. The molecule has 0 aliphatic heterocycles. The van der Waals surface area contributed by atoms with Gasteiger partial charge in [0.2, 0.25) is 33.3 Å². The average molecular weight is 495 g/mol. The number of hydrogen-bond donors (Lipinski definition) is 0. The maximum absolute atomic E-state index is 6.95. The third-order valence-electron chi connectivity index (χ3n) is 4.27. The quantitative estimate of drug-likeness (QED) is 0.348. The first-order chi connectivity index (χ1) is 14.1. The summed E-state index contributed by atoms with van der Waals surface area (Å²) in [6.45, 7) is 22.6. The summed E-state index contributed by atoms with van der Waals surface area (Å²) in [5, 5.41) is 0. The second kappa shape index (κ2) is 9.70. The fourth-order valence-electron chi connectivity index (χ4n) is 3.63. The van der Waals surface area contributed by atoms with E-state index in [0.29, 0.717) is 0 Å². The molecule has 0 aromatic carbocycles. The Morgan fingerprint density at radius 3 is 1.26 bits per heavy atom. The van der Waals surface area contributed by atoms with Gasteiger partial charge in [0.25, 0.3) is 0 Å². The summed E-state index contributed by atoms with van der Waals surface area (Å²) in [4.78, 5) is 0. The van der Waals surface area contributed by atoms with Crippen molar-refractivity contribution in [3.63, 3.8) is 0 Å². The van der Waals surface area contributed by atoms with E-state index in [1.165, 1.54) is 0 Å². The van der Waals surface area contributed by atoms with E-state index in [-0.39, 0.29) is 0 Å². The highest BCUT2D eigenvalue weighted by Crippen LogP contribution is 2.19. The van der Waals surface area contributed by atoms with Crippen LogP contribution in [0.2, 0.25) is 65.5 Å². The van der Waals surface area contributed by atoms with Gasteiger partial charge in [-0.15, -0.1) is 0 Å². The molecule has 2 aromatic heterocycles. The van der Waals surface area contributed by atoms with Crippen LogP contribution in [0.4, 0.5) is 0 Å². The van der Waals surface area contributed by atoms with E-state index >= 15 is 0 Å². The molecule has 0 aliphatic carbocycles. The molecular weight excluding hydrogens is 453 g/mol. The first-order valence-corrected chi connectivity index (χ1v) is 24.2. The van der Waals surface area contributed by atoms with Crippen molar-refractivity contribution in [2.45, 2.75) is 77.8 Å². The van der Waals surface area contributed by atoms with Crippen LogP contribution in [-0.4, -0.2) is 33.3 Å². The molecule has 31 heavy (non-hydrogen) atoms. The maximum atomic E-state index is 6.95. The fraction of sp³-hybridized carbons (Fsp3) is 0.545. The Balaban J connectivity index is 2.17. The average Bonchev–Trinajstić information content (AvgIpc) is 2.54.